The molecule has 2 aromatic carbocycles. The van der Waals surface area contributed by atoms with E-state index >= 15 is 0 Å². The number of hydrogen-bond donors (Lipinski definition) is 1. The van der Waals surface area contributed by atoms with Crippen molar-refractivity contribution in [2.45, 2.75) is 6.92 Å². The molecule has 1 aliphatic rings. The molecule has 0 spiro atoms. The molecule has 1 heterocycles. The van der Waals surface area contributed by atoms with E-state index in [-0.39, 0.29) is 12.5 Å². The standard InChI is InChI=1S/C16H13N3O5/c1-10(12-4-2-3-5-13(12)19(21)22)17-18-16(20)11-6-7-14-15(8-11)24-9-23-14/h2-8H,9H2,1H3,(H,18,20)/b17-10-. The van der Waals surface area contributed by atoms with Crippen LogP contribution in [0.4, 0.5) is 5.69 Å². The first-order valence-electron chi connectivity index (χ1n) is 7.04. The van der Waals surface area contributed by atoms with Crippen molar-refractivity contribution < 1.29 is 19.2 Å². The van der Waals surface area contributed by atoms with Crippen LogP contribution in [-0.2, 0) is 0 Å². The number of fused-ring (bicyclic) bond motifs is 1. The van der Waals surface area contributed by atoms with Crippen LogP contribution in [-0.4, -0.2) is 23.3 Å². The molecule has 0 saturated carbocycles. The number of benzene rings is 2. The molecule has 0 atom stereocenters. The lowest BCUT2D eigenvalue weighted by Crippen LogP contribution is -2.19. The molecule has 8 nitrogen and oxygen atoms in total. The number of nitrogens with one attached hydrogen (secondary N) is 1. The highest BCUT2D eigenvalue weighted by molar-refractivity contribution is 6.03. The maximum absolute atomic E-state index is 12.2. The van der Waals surface area contributed by atoms with Gasteiger partial charge < -0.3 is 9.47 Å². The lowest BCUT2D eigenvalue weighted by atomic mass is 10.1. The van der Waals surface area contributed by atoms with Crippen LogP contribution < -0.4 is 14.9 Å². The van der Waals surface area contributed by atoms with E-state index in [2.05, 4.69) is 10.5 Å². The minimum Gasteiger partial charge on any atom is -0.454 e. The Morgan fingerprint density at radius 1 is 1.21 bits per heavy atom. The summed E-state index contributed by atoms with van der Waals surface area (Å²) in [5.74, 6) is 0.611. The number of hydrogen-bond acceptors (Lipinski definition) is 6. The quantitative estimate of drug-likeness (QED) is 0.528. The van der Waals surface area contributed by atoms with Crippen LogP contribution in [0.5, 0.6) is 11.5 Å². The van der Waals surface area contributed by atoms with Gasteiger partial charge in [-0.3, -0.25) is 14.9 Å². The zero-order chi connectivity index (χ0) is 17.1. The maximum atomic E-state index is 12.2. The smallest absolute Gasteiger partial charge is 0.278 e. The summed E-state index contributed by atoms with van der Waals surface area (Å²) in [7, 11) is 0. The second-order valence-electron chi connectivity index (χ2n) is 4.98. The van der Waals surface area contributed by atoms with Gasteiger partial charge in [-0.1, -0.05) is 12.1 Å². The fourth-order valence-corrected chi connectivity index (χ4v) is 2.24. The topological polar surface area (TPSA) is 103 Å². The van der Waals surface area contributed by atoms with Gasteiger partial charge in [0.2, 0.25) is 6.79 Å². The summed E-state index contributed by atoms with van der Waals surface area (Å²) in [5, 5.41) is 15.0. The van der Waals surface area contributed by atoms with Gasteiger partial charge in [-0.25, -0.2) is 5.43 Å². The molecule has 0 aliphatic carbocycles. The SMILES string of the molecule is C/C(=N/NC(=O)c1ccc2c(c1)OCO2)c1ccccc1[N+](=O)[O-]. The lowest BCUT2D eigenvalue weighted by molar-refractivity contribution is -0.385. The van der Waals surface area contributed by atoms with Crippen LogP contribution in [0.3, 0.4) is 0 Å². The highest BCUT2D eigenvalue weighted by Gasteiger charge is 2.17. The summed E-state index contributed by atoms with van der Waals surface area (Å²) in [6.07, 6.45) is 0. The molecule has 0 radical (unpaired) electrons. The average molecular weight is 327 g/mol. The van der Waals surface area contributed by atoms with Crippen molar-refractivity contribution in [3.8, 4) is 11.5 Å². The highest BCUT2D eigenvalue weighted by atomic mass is 16.7. The molecular formula is C16H13N3O5. The molecule has 1 amide bonds. The van der Waals surface area contributed by atoms with Gasteiger partial charge in [-0.2, -0.15) is 5.10 Å². The van der Waals surface area contributed by atoms with Crippen molar-refractivity contribution in [2.75, 3.05) is 6.79 Å². The molecule has 0 saturated heterocycles. The summed E-state index contributed by atoms with van der Waals surface area (Å²) in [6.45, 7) is 1.71. The van der Waals surface area contributed by atoms with Crippen molar-refractivity contribution in [3.05, 3.63) is 63.7 Å². The Bertz CT molecular complexity index is 847. The van der Waals surface area contributed by atoms with E-state index in [1.165, 1.54) is 6.07 Å². The first-order chi connectivity index (χ1) is 11.6. The Morgan fingerprint density at radius 2 is 1.96 bits per heavy atom. The third kappa shape index (κ3) is 3.02. The van der Waals surface area contributed by atoms with Crippen LogP contribution in [0.25, 0.3) is 0 Å². The zero-order valence-electron chi connectivity index (χ0n) is 12.7. The number of nitro groups is 1. The van der Waals surface area contributed by atoms with Gasteiger partial charge in [0.1, 0.15) is 0 Å². The van der Waals surface area contributed by atoms with Gasteiger partial charge in [-0.05, 0) is 31.2 Å². The molecule has 2 aromatic rings. The second-order valence-corrected chi connectivity index (χ2v) is 4.98. The minimum atomic E-state index is -0.492. The summed E-state index contributed by atoms with van der Waals surface area (Å²) in [4.78, 5) is 22.7. The molecule has 3 rings (SSSR count). The zero-order valence-corrected chi connectivity index (χ0v) is 12.7. The molecule has 122 valence electrons. The van der Waals surface area contributed by atoms with Crippen molar-refractivity contribution in [2.24, 2.45) is 5.10 Å². The fraction of sp³-hybridized carbons (Fsp3) is 0.125. The van der Waals surface area contributed by atoms with Crippen molar-refractivity contribution in [1.29, 1.82) is 0 Å². The van der Waals surface area contributed by atoms with E-state index in [4.69, 9.17) is 9.47 Å². The van der Waals surface area contributed by atoms with Crippen molar-refractivity contribution in [3.63, 3.8) is 0 Å². The molecule has 1 aliphatic heterocycles. The number of carbonyl (C=O) groups is 1. The molecule has 0 aromatic heterocycles. The maximum Gasteiger partial charge on any atom is 0.278 e. The van der Waals surface area contributed by atoms with Crippen molar-refractivity contribution >= 4 is 17.3 Å². The lowest BCUT2D eigenvalue weighted by Gasteiger charge is -2.04. The number of rotatable bonds is 4. The monoisotopic (exact) mass is 327 g/mol. The molecule has 24 heavy (non-hydrogen) atoms. The minimum absolute atomic E-state index is 0.0731. The number of amides is 1. The number of nitro benzene ring substituents is 1. The number of ether oxygens (including phenoxy) is 2. The van der Waals surface area contributed by atoms with E-state index in [1.807, 2.05) is 0 Å². The molecule has 0 fully saturated rings. The first-order valence-corrected chi connectivity index (χ1v) is 7.04. The van der Waals surface area contributed by atoms with E-state index in [9.17, 15) is 14.9 Å². The second kappa shape index (κ2) is 6.37. The Hall–Kier alpha value is -3.42. The van der Waals surface area contributed by atoms with E-state index in [0.717, 1.165) is 0 Å². The van der Waals surface area contributed by atoms with Crippen molar-refractivity contribution in [1.82, 2.24) is 5.43 Å². The van der Waals surface area contributed by atoms with Gasteiger partial charge in [-0.15, -0.1) is 0 Å². The normalized spacial score (nSPS) is 12.8. The van der Waals surface area contributed by atoms with Gasteiger partial charge in [0.15, 0.2) is 11.5 Å². The summed E-state index contributed by atoms with van der Waals surface area (Å²) >= 11 is 0. The molecular weight excluding hydrogens is 314 g/mol. The van der Waals surface area contributed by atoms with Gasteiger partial charge >= 0.3 is 0 Å². The molecule has 0 unspecified atom stereocenters. The summed E-state index contributed by atoms with van der Waals surface area (Å²) in [6, 6.07) is 11.0. The summed E-state index contributed by atoms with van der Waals surface area (Å²) < 4.78 is 10.4. The van der Waals surface area contributed by atoms with Crippen LogP contribution in [0.2, 0.25) is 0 Å². The number of nitrogens with zero attached hydrogens (tertiary/aromatic N) is 2. The molecule has 0 bridgehead atoms. The van der Waals surface area contributed by atoms with Crippen LogP contribution >= 0.6 is 0 Å². The third-order valence-corrected chi connectivity index (χ3v) is 3.45. The number of hydrazone groups is 1. The predicted octanol–water partition coefficient (Wildman–Crippen LogP) is 2.48. The summed E-state index contributed by atoms with van der Waals surface area (Å²) in [5.41, 5.74) is 3.33. The average Bonchev–Trinajstić information content (AvgIpc) is 3.06. The Kier molecular flexibility index (Phi) is 4.11. The number of carbonyl (C=O) groups excluding carboxylic acids is 1. The van der Waals surface area contributed by atoms with Crippen LogP contribution in [0, 0.1) is 10.1 Å². The first kappa shape index (κ1) is 15.5. The molecule has 1 N–H and O–H groups in total. The van der Waals surface area contributed by atoms with Gasteiger partial charge in [0.05, 0.1) is 16.2 Å². The Balaban J connectivity index is 1.78. The molecule has 8 heteroatoms. The van der Waals surface area contributed by atoms with E-state index in [0.29, 0.717) is 28.3 Å². The number of para-hydroxylation sites is 1. The fourth-order valence-electron chi connectivity index (χ4n) is 2.24. The highest BCUT2D eigenvalue weighted by Crippen LogP contribution is 2.32. The Labute approximate surface area is 136 Å². The van der Waals surface area contributed by atoms with Crippen LogP contribution in [0.15, 0.2) is 47.6 Å². The van der Waals surface area contributed by atoms with Gasteiger partial charge in [0.25, 0.3) is 11.6 Å². The predicted molar refractivity (Wildman–Crippen MR) is 85.3 cm³/mol. The third-order valence-electron chi connectivity index (χ3n) is 3.45. The van der Waals surface area contributed by atoms with Crippen LogP contribution in [0.1, 0.15) is 22.8 Å². The largest absolute Gasteiger partial charge is 0.454 e. The van der Waals surface area contributed by atoms with E-state index < -0.39 is 10.8 Å². The Morgan fingerprint density at radius 3 is 2.75 bits per heavy atom. The van der Waals surface area contributed by atoms with E-state index in [1.54, 1.807) is 43.3 Å². The van der Waals surface area contributed by atoms with Gasteiger partial charge in [0, 0.05) is 11.6 Å².